The lowest BCUT2D eigenvalue weighted by atomic mass is 10.2. The van der Waals surface area contributed by atoms with Crippen molar-refractivity contribution in [2.75, 3.05) is 6.61 Å². The molecule has 0 aromatic heterocycles. The molecule has 112 valence electrons. The van der Waals surface area contributed by atoms with E-state index in [2.05, 4.69) is 4.72 Å². The van der Waals surface area contributed by atoms with E-state index in [4.69, 9.17) is 4.74 Å². The Kier molecular flexibility index (Phi) is 5.67. The maximum atomic E-state index is 12.1. The first-order valence-corrected chi connectivity index (χ1v) is 7.70. The molecule has 0 aliphatic rings. The van der Waals surface area contributed by atoms with Gasteiger partial charge in [0, 0.05) is 0 Å². The minimum absolute atomic E-state index is 0.0260. The molecule has 2 unspecified atom stereocenters. The van der Waals surface area contributed by atoms with Crippen LogP contribution in [0.4, 0.5) is 0 Å². The Balaban J connectivity index is 2.97. The highest BCUT2D eigenvalue weighted by atomic mass is 32.2. The molecule has 0 aliphatic heterocycles. The normalized spacial score (nSPS) is 14.6. The van der Waals surface area contributed by atoms with Gasteiger partial charge in [-0.2, -0.15) is 4.72 Å². The van der Waals surface area contributed by atoms with E-state index in [9.17, 15) is 18.3 Å². The van der Waals surface area contributed by atoms with E-state index in [1.54, 1.807) is 19.1 Å². The van der Waals surface area contributed by atoms with Crippen molar-refractivity contribution in [2.24, 2.45) is 0 Å². The summed E-state index contributed by atoms with van der Waals surface area (Å²) in [5.74, 6) is -0.807. The van der Waals surface area contributed by atoms with Gasteiger partial charge in [0.15, 0.2) is 0 Å². The van der Waals surface area contributed by atoms with Gasteiger partial charge < -0.3 is 9.84 Å². The molecule has 20 heavy (non-hydrogen) atoms. The van der Waals surface area contributed by atoms with Gasteiger partial charge in [0.25, 0.3) is 0 Å². The van der Waals surface area contributed by atoms with E-state index in [1.165, 1.54) is 19.1 Å². The van der Waals surface area contributed by atoms with Crippen molar-refractivity contribution >= 4 is 16.0 Å². The van der Waals surface area contributed by atoms with Crippen LogP contribution in [0.25, 0.3) is 0 Å². The summed E-state index contributed by atoms with van der Waals surface area (Å²) in [6, 6.07) is 4.83. The third kappa shape index (κ3) is 4.29. The molecule has 0 bridgehead atoms. The molecule has 0 fully saturated rings. The Hall–Kier alpha value is -1.44. The maximum Gasteiger partial charge on any atom is 0.326 e. The van der Waals surface area contributed by atoms with Crippen LogP contribution in [-0.4, -0.2) is 38.2 Å². The number of carbonyl (C=O) groups excluding carboxylic acids is 1. The van der Waals surface area contributed by atoms with E-state index >= 15 is 0 Å². The van der Waals surface area contributed by atoms with Gasteiger partial charge in [-0.05, 0) is 32.9 Å². The maximum absolute atomic E-state index is 12.1. The van der Waals surface area contributed by atoms with Crippen LogP contribution in [0.5, 0.6) is 0 Å². The fraction of sp³-hybridized carbons (Fsp3) is 0.462. The Morgan fingerprint density at radius 3 is 2.35 bits per heavy atom. The third-order valence-corrected chi connectivity index (χ3v) is 4.09. The Morgan fingerprint density at radius 2 is 1.90 bits per heavy atom. The number of hydrogen-bond acceptors (Lipinski definition) is 5. The molecule has 1 rings (SSSR count). The van der Waals surface area contributed by atoms with E-state index in [0.717, 1.165) is 5.56 Å². The Morgan fingerprint density at radius 1 is 1.35 bits per heavy atom. The molecule has 0 amide bonds. The monoisotopic (exact) mass is 301 g/mol. The fourth-order valence-electron chi connectivity index (χ4n) is 1.53. The van der Waals surface area contributed by atoms with E-state index in [-0.39, 0.29) is 11.5 Å². The summed E-state index contributed by atoms with van der Waals surface area (Å²) in [5, 5.41) is 9.54. The zero-order valence-electron chi connectivity index (χ0n) is 11.7. The third-order valence-electron chi connectivity index (χ3n) is 2.64. The fourth-order valence-corrected chi connectivity index (χ4v) is 2.79. The molecule has 2 N–H and O–H groups in total. The lowest BCUT2D eigenvalue weighted by Crippen LogP contribution is -2.48. The number of aliphatic hydroxyl groups is 1. The summed E-state index contributed by atoms with van der Waals surface area (Å²) in [5.41, 5.74) is 0.918. The highest BCUT2D eigenvalue weighted by Crippen LogP contribution is 2.11. The molecule has 7 heteroatoms. The van der Waals surface area contributed by atoms with E-state index in [0.29, 0.717) is 0 Å². The van der Waals surface area contributed by atoms with Crippen molar-refractivity contribution < 1.29 is 23.1 Å². The first-order chi connectivity index (χ1) is 9.27. The predicted octanol–water partition coefficient (Wildman–Crippen LogP) is 0.586. The van der Waals surface area contributed by atoms with Crippen molar-refractivity contribution in [3.05, 3.63) is 29.8 Å². The minimum atomic E-state index is -3.90. The minimum Gasteiger partial charge on any atom is -0.465 e. The molecule has 1 aromatic carbocycles. The smallest absolute Gasteiger partial charge is 0.326 e. The van der Waals surface area contributed by atoms with Gasteiger partial charge in [-0.3, -0.25) is 4.79 Å². The molecule has 0 radical (unpaired) electrons. The number of esters is 1. The van der Waals surface area contributed by atoms with Gasteiger partial charge in [-0.15, -0.1) is 0 Å². The van der Waals surface area contributed by atoms with Gasteiger partial charge >= 0.3 is 5.97 Å². The quantitative estimate of drug-likeness (QED) is 0.750. The molecule has 0 saturated heterocycles. The van der Waals surface area contributed by atoms with Crippen molar-refractivity contribution in [3.63, 3.8) is 0 Å². The highest BCUT2D eigenvalue weighted by Gasteiger charge is 2.30. The number of nitrogens with one attached hydrogen (secondary N) is 1. The largest absolute Gasteiger partial charge is 0.465 e. The number of aliphatic hydroxyl groups excluding tert-OH is 1. The topological polar surface area (TPSA) is 92.7 Å². The van der Waals surface area contributed by atoms with Crippen LogP contribution in [0.2, 0.25) is 0 Å². The summed E-state index contributed by atoms with van der Waals surface area (Å²) in [6.45, 7) is 4.86. The molecule has 6 nitrogen and oxygen atoms in total. The standard InChI is InChI=1S/C13H19NO5S/c1-4-19-13(16)12(10(3)15)14-20(17,18)11-7-5-9(2)6-8-11/h5-8,10,12,14-15H,4H2,1-3H3. The SMILES string of the molecule is CCOC(=O)C(NS(=O)(=O)c1ccc(C)cc1)C(C)O. The van der Waals surface area contributed by atoms with Crippen LogP contribution in [0.15, 0.2) is 29.2 Å². The average Bonchev–Trinajstić information content (AvgIpc) is 2.36. The lowest BCUT2D eigenvalue weighted by molar-refractivity contribution is -0.147. The summed E-state index contributed by atoms with van der Waals surface area (Å²) >= 11 is 0. The zero-order chi connectivity index (χ0) is 15.3. The van der Waals surface area contributed by atoms with Gasteiger partial charge in [0.2, 0.25) is 10.0 Å². The first kappa shape index (κ1) is 16.6. The number of carbonyl (C=O) groups is 1. The zero-order valence-corrected chi connectivity index (χ0v) is 12.5. The van der Waals surface area contributed by atoms with Crippen molar-refractivity contribution in [1.82, 2.24) is 4.72 Å². The molecular weight excluding hydrogens is 282 g/mol. The number of aryl methyl sites for hydroxylation is 1. The number of hydrogen-bond donors (Lipinski definition) is 2. The number of benzene rings is 1. The Bertz CT molecular complexity index is 551. The number of rotatable bonds is 6. The first-order valence-electron chi connectivity index (χ1n) is 6.21. The van der Waals surface area contributed by atoms with Crippen LogP contribution in [0, 0.1) is 6.92 Å². The summed E-state index contributed by atoms with van der Waals surface area (Å²) in [4.78, 5) is 11.7. The molecule has 1 aromatic rings. The van der Waals surface area contributed by atoms with Crippen LogP contribution >= 0.6 is 0 Å². The van der Waals surface area contributed by atoms with Gasteiger partial charge in [0.05, 0.1) is 17.6 Å². The van der Waals surface area contributed by atoms with E-state index in [1.807, 2.05) is 6.92 Å². The van der Waals surface area contributed by atoms with Crippen molar-refractivity contribution in [1.29, 1.82) is 0 Å². The second kappa shape index (κ2) is 6.83. The van der Waals surface area contributed by atoms with Crippen LogP contribution in [0.1, 0.15) is 19.4 Å². The van der Waals surface area contributed by atoms with Crippen molar-refractivity contribution in [3.8, 4) is 0 Å². The van der Waals surface area contributed by atoms with Crippen LogP contribution < -0.4 is 4.72 Å². The van der Waals surface area contributed by atoms with Gasteiger partial charge in [0.1, 0.15) is 6.04 Å². The molecule has 0 heterocycles. The van der Waals surface area contributed by atoms with Crippen molar-refractivity contribution in [2.45, 2.75) is 37.8 Å². The molecule has 0 spiro atoms. The number of sulfonamides is 1. The lowest BCUT2D eigenvalue weighted by Gasteiger charge is -2.19. The summed E-state index contributed by atoms with van der Waals surface area (Å²) in [6.07, 6.45) is -1.20. The summed E-state index contributed by atoms with van der Waals surface area (Å²) in [7, 11) is -3.90. The van der Waals surface area contributed by atoms with Gasteiger partial charge in [-0.1, -0.05) is 17.7 Å². The molecule has 0 aliphatic carbocycles. The molecular formula is C13H19NO5S. The number of ether oxygens (including phenoxy) is 1. The van der Waals surface area contributed by atoms with Crippen LogP contribution in [0.3, 0.4) is 0 Å². The predicted molar refractivity (Wildman–Crippen MR) is 73.6 cm³/mol. The summed E-state index contributed by atoms with van der Waals surface area (Å²) < 4.78 is 31.2. The van der Waals surface area contributed by atoms with E-state index < -0.39 is 28.1 Å². The van der Waals surface area contributed by atoms with Gasteiger partial charge in [-0.25, -0.2) is 8.42 Å². The highest BCUT2D eigenvalue weighted by molar-refractivity contribution is 7.89. The molecule has 0 saturated carbocycles. The Labute approximate surface area is 118 Å². The second-order valence-electron chi connectivity index (χ2n) is 4.40. The van der Waals surface area contributed by atoms with Crippen LogP contribution in [-0.2, 0) is 19.6 Å². The average molecular weight is 301 g/mol. The molecule has 2 atom stereocenters. The second-order valence-corrected chi connectivity index (χ2v) is 6.12.